The van der Waals surface area contributed by atoms with Crippen LogP contribution in [-0.4, -0.2) is 39.0 Å². The molecule has 0 amide bonds. The topological polar surface area (TPSA) is 127 Å². The Morgan fingerprint density at radius 2 is 1.88 bits per heavy atom. The van der Waals surface area contributed by atoms with Crippen molar-refractivity contribution in [2.45, 2.75) is 29.2 Å². The highest BCUT2D eigenvalue weighted by Crippen LogP contribution is 2.45. The fraction of sp³-hybridized carbons (Fsp3) is 0.273. The minimum absolute atomic E-state index is 0.137. The van der Waals surface area contributed by atoms with E-state index in [-0.39, 0.29) is 11.2 Å². The number of anilines is 3. The van der Waals surface area contributed by atoms with Crippen molar-refractivity contribution in [3.05, 3.63) is 58.9 Å². The molecule has 1 spiro atoms. The Bertz CT molecular complexity index is 1210. The van der Waals surface area contributed by atoms with Gasteiger partial charge in [-0.15, -0.1) is 0 Å². The lowest BCUT2D eigenvalue weighted by Crippen LogP contribution is -2.44. The number of hydrogen-bond donors (Lipinski definition) is 3. The molecule has 1 aromatic carbocycles. The van der Waals surface area contributed by atoms with Gasteiger partial charge in [0.2, 0.25) is 0 Å². The number of hydrogen-bond acceptors (Lipinski definition) is 9. The maximum Gasteiger partial charge on any atom is 0.158 e. The number of halogens is 1. The Morgan fingerprint density at radius 3 is 2.62 bits per heavy atom. The quantitative estimate of drug-likeness (QED) is 0.391. The van der Waals surface area contributed by atoms with Crippen LogP contribution in [0.15, 0.2) is 57.8 Å². The van der Waals surface area contributed by atoms with E-state index in [0.717, 1.165) is 54.3 Å². The van der Waals surface area contributed by atoms with E-state index in [2.05, 4.69) is 31.1 Å². The van der Waals surface area contributed by atoms with Crippen molar-refractivity contribution in [2.75, 3.05) is 29.5 Å². The Hall–Kier alpha value is -3.04. The van der Waals surface area contributed by atoms with Gasteiger partial charge in [-0.25, -0.2) is 15.0 Å². The molecule has 0 atom stereocenters. The third-order valence-corrected chi connectivity index (χ3v) is 7.86. The first kappa shape index (κ1) is 20.8. The van der Waals surface area contributed by atoms with Gasteiger partial charge in [-0.05, 0) is 30.9 Å². The molecule has 3 aromatic rings. The molecule has 0 bridgehead atoms. The zero-order valence-electron chi connectivity index (χ0n) is 17.2. The number of fused-ring (bicyclic) bond motifs is 1. The largest absolute Gasteiger partial charge is 0.411 e. The van der Waals surface area contributed by atoms with Gasteiger partial charge in [-0.1, -0.05) is 52.8 Å². The molecule has 164 valence electrons. The second-order valence-electron chi connectivity index (χ2n) is 8.08. The molecule has 0 saturated carbocycles. The Morgan fingerprint density at radius 1 is 1.09 bits per heavy atom. The Balaban J connectivity index is 1.31. The van der Waals surface area contributed by atoms with Crippen molar-refractivity contribution in [1.29, 1.82) is 0 Å². The third-order valence-electron chi connectivity index (χ3n) is 6.29. The van der Waals surface area contributed by atoms with Gasteiger partial charge in [-0.2, -0.15) is 0 Å². The van der Waals surface area contributed by atoms with Crippen molar-refractivity contribution in [3.63, 3.8) is 0 Å². The van der Waals surface area contributed by atoms with Crippen LogP contribution in [0.5, 0.6) is 0 Å². The number of aromatic nitrogens is 3. The highest BCUT2D eigenvalue weighted by molar-refractivity contribution is 7.99. The first-order valence-electron chi connectivity index (χ1n) is 10.3. The molecule has 0 unspecified atom stereocenters. The van der Waals surface area contributed by atoms with Crippen molar-refractivity contribution < 1.29 is 5.21 Å². The minimum Gasteiger partial charge on any atom is -0.411 e. The maximum absolute atomic E-state index is 9.75. The van der Waals surface area contributed by atoms with Gasteiger partial charge in [0, 0.05) is 35.2 Å². The van der Waals surface area contributed by atoms with Crippen molar-refractivity contribution in [2.24, 2.45) is 10.6 Å². The first-order chi connectivity index (χ1) is 15.5. The molecule has 8 nitrogen and oxygen atoms in total. The van der Waals surface area contributed by atoms with Crippen LogP contribution in [0.25, 0.3) is 0 Å². The molecule has 1 saturated heterocycles. The number of nitrogens with two attached hydrogens (primary N) is 2. The maximum atomic E-state index is 9.75. The summed E-state index contributed by atoms with van der Waals surface area (Å²) >= 11 is 7.54. The fourth-order valence-corrected chi connectivity index (χ4v) is 5.63. The van der Waals surface area contributed by atoms with E-state index in [0.29, 0.717) is 15.9 Å². The molecule has 1 aliphatic heterocycles. The molecule has 5 N–H and O–H groups in total. The number of oxime groups is 1. The second kappa shape index (κ2) is 8.14. The summed E-state index contributed by atoms with van der Waals surface area (Å²) in [5.41, 5.74) is 15.0. The molecular weight excluding hydrogens is 446 g/mol. The van der Waals surface area contributed by atoms with Crippen LogP contribution < -0.4 is 16.4 Å². The molecule has 10 heteroatoms. The van der Waals surface area contributed by atoms with Crippen LogP contribution in [0.1, 0.15) is 24.0 Å². The van der Waals surface area contributed by atoms with Crippen LogP contribution in [0, 0.1) is 5.41 Å². The number of rotatable bonds is 3. The van der Waals surface area contributed by atoms with Gasteiger partial charge >= 0.3 is 0 Å². The number of piperidine rings is 1. The van der Waals surface area contributed by atoms with E-state index < -0.39 is 0 Å². The van der Waals surface area contributed by atoms with Gasteiger partial charge in [0.05, 0.1) is 16.9 Å². The number of benzene rings is 1. The van der Waals surface area contributed by atoms with E-state index in [1.165, 1.54) is 17.3 Å². The van der Waals surface area contributed by atoms with E-state index in [1.54, 1.807) is 18.5 Å². The summed E-state index contributed by atoms with van der Waals surface area (Å²) in [6.45, 7) is 1.56. The van der Waals surface area contributed by atoms with Crippen molar-refractivity contribution in [1.82, 2.24) is 15.0 Å². The third kappa shape index (κ3) is 3.51. The Kier molecular flexibility index (Phi) is 5.30. The zero-order chi connectivity index (χ0) is 22.3. The molecule has 1 fully saturated rings. The van der Waals surface area contributed by atoms with Gasteiger partial charge in [0.15, 0.2) is 5.82 Å². The van der Waals surface area contributed by atoms with E-state index in [9.17, 15) is 5.21 Å². The summed E-state index contributed by atoms with van der Waals surface area (Å²) in [6.07, 6.45) is 5.96. The minimum atomic E-state index is -0.137. The first-order valence-corrected chi connectivity index (χ1v) is 11.5. The summed E-state index contributed by atoms with van der Waals surface area (Å²) in [4.78, 5) is 16.0. The van der Waals surface area contributed by atoms with Crippen LogP contribution in [0.2, 0.25) is 5.02 Å². The molecule has 5 rings (SSSR count). The molecule has 2 aromatic heterocycles. The fourth-order valence-electron chi connectivity index (χ4n) is 4.61. The average molecular weight is 468 g/mol. The van der Waals surface area contributed by atoms with Crippen molar-refractivity contribution >= 4 is 46.5 Å². The van der Waals surface area contributed by atoms with Gasteiger partial charge in [-0.3, -0.25) is 0 Å². The normalized spacial score (nSPS) is 18.3. The highest BCUT2D eigenvalue weighted by Gasteiger charge is 2.45. The summed E-state index contributed by atoms with van der Waals surface area (Å²) in [5.74, 6) is 1.34. The van der Waals surface area contributed by atoms with Crippen LogP contribution in [0.3, 0.4) is 0 Å². The molecule has 32 heavy (non-hydrogen) atoms. The number of nitrogen functional groups attached to an aromatic ring is 2. The van der Waals surface area contributed by atoms with Gasteiger partial charge in [0.1, 0.15) is 16.7 Å². The zero-order valence-corrected chi connectivity index (χ0v) is 18.8. The number of nitrogens with zero attached hydrogens (tertiary/aromatic N) is 5. The predicted molar refractivity (Wildman–Crippen MR) is 127 cm³/mol. The molecule has 3 heterocycles. The number of pyridine rings is 1. The predicted octanol–water partition coefficient (Wildman–Crippen LogP) is 3.86. The summed E-state index contributed by atoms with van der Waals surface area (Å²) in [7, 11) is 0. The average Bonchev–Trinajstić information content (AvgIpc) is 3.11. The molecule has 1 aliphatic carbocycles. The van der Waals surface area contributed by atoms with E-state index >= 15 is 0 Å². The van der Waals surface area contributed by atoms with Crippen LogP contribution in [-0.2, 0) is 6.42 Å². The van der Waals surface area contributed by atoms with Crippen LogP contribution in [0.4, 0.5) is 17.5 Å². The summed E-state index contributed by atoms with van der Waals surface area (Å²) in [5, 5.41) is 14.4. The van der Waals surface area contributed by atoms with Crippen LogP contribution >= 0.6 is 23.4 Å². The molecule has 0 radical (unpaired) electrons. The van der Waals surface area contributed by atoms with E-state index in [1.807, 2.05) is 18.2 Å². The molecular formula is C22H22ClN7OS. The Labute approximate surface area is 194 Å². The summed E-state index contributed by atoms with van der Waals surface area (Å²) < 4.78 is 0. The lowest BCUT2D eigenvalue weighted by atomic mass is 9.74. The second-order valence-corrected chi connectivity index (χ2v) is 9.49. The molecule has 2 aliphatic rings. The monoisotopic (exact) mass is 467 g/mol. The standard InChI is InChI=1S/C22H22ClN7OS/c23-17-15(5-8-26-19(17)24)32-21-20(25)28-16(12-27-21)30-9-6-22(7-10-30)11-13-3-1-2-4-14(13)18(22)29-31/h1-5,8,12,31H,6-7,9-11H2,(H2,24,26)(H2,25,28)/b29-18+. The van der Waals surface area contributed by atoms with Crippen molar-refractivity contribution in [3.8, 4) is 0 Å². The SMILES string of the molecule is Nc1nc(N2CCC3(CC2)Cc2ccccc2/C3=N\O)cnc1Sc1ccnc(N)c1Cl. The van der Waals surface area contributed by atoms with E-state index in [4.69, 9.17) is 23.1 Å². The van der Waals surface area contributed by atoms with Gasteiger partial charge < -0.3 is 21.6 Å². The summed E-state index contributed by atoms with van der Waals surface area (Å²) in [6, 6.07) is 9.95. The highest BCUT2D eigenvalue weighted by atomic mass is 35.5. The lowest BCUT2D eigenvalue weighted by Gasteiger charge is -2.39. The van der Waals surface area contributed by atoms with Gasteiger partial charge in [0.25, 0.3) is 0 Å². The lowest BCUT2D eigenvalue weighted by molar-refractivity contribution is 0.285. The smallest absolute Gasteiger partial charge is 0.158 e.